The molecule has 2 aliphatic heterocycles. The number of hydroxylamine groups is 2. The molecular formula is C14H30N4O6S. The molecule has 11 heteroatoms. The summed E-state index contributed by atoms with van der Waals surface area (Å²) in [7, 11) is -4.61. The number of nitrogens with one attached hydrogen (secondary N) is 2. The predicted octanol–water partition coefficient (Wildman–Crippen LogP) is 0.379. The van der Waals surface area contributed by atoms with E-state index in [0.717, 1.165) is 32.3 Å². The molecule has 0 spiro atoms. The third kappa shape index (κ3) is 10.2. The van der Waals surface area contributed by atoms with Crippen molar-refractivity contribution in [3.63, 3.8) is 0 Å². The van der Waals surface area contributed by atoms with E-state index in [0.29, 0.717) is 30.6 Å². The fraction of sp³-hybridized carbons (Fsp3) is 0.857. The number of hydrogen-bond donors (Lipinski definition) is 3. The number of rotatable bonds is 5. The van der Waals surface area contributed by atoms with Crippen LogP contribution in [0.4, 0.5) is 4.79 Å². The molecule has 0 radical (unpaired) electrons. The van der Waals surface area contributed by atoms with E-state index in [1.165, 1.54) is 4.90 Å². The number of amides is 3. The monoisotopic (exact) mass is 382 g/mol. The van der Waals surface area contributed by atoms with Gasteiger partial charge in [-0.2, -0.15) is 13.5 Å². The highest BCUT2D eigenvalue weighted by Crippen LogP contribution is 2.10. The Hall–Kier alpha value is -1.43. The first kappa shape index (κ1) is 23.6. The molecule has 0 aliphatic carbocycles. The van der Waals surface area contributed by atoms with E-state index in [1.54, 1.807) is 6.92 Å². The van der Waals surface area contributed by atoms with Crippen LogP contribution in [0.3, 0.4) is 0 Å². The fourth-order valence-corrected chi connectivity index (χ4v) is 2.68. The van der Waals surface area contributed by atoms with Gasteiger partial charge in [0.05, 0.1) is 6.54 Å². The Kier molecular flexibility index (Phi) is 12.1. The van der Waals surface area contributed by atoms with Gasteiger partial charge in [0.1, 0.15) is 0 Å². The van der Waals surface area contributed by atoms with Crippen molar-refractivity contribution in [2.75, 3.05) is 32.7 Å². The molecule has 10 nitrogen and oxygen atoms in total. The molecule has 2 rings (SSSR count). The highest BCUT2D eigenvalue weighted by Gasteiger charge is 2.28. The molecule has 148 valence electrons. The molecule has 2 saturated heterocycles. The summed E-state index contributed by atoms with van der Waals surface area (Å²) >= 11 is 0. The molecule has 2 aliphatic rings. The summed E-state index contributed by atoms with van der Waals surface area (Å²) in [5.74, 6) is 0. The van der Waals surface area contributed by atoms with E-state index in [9.17, 15) is 18.0 Å². The normalized spacial score (nSPS) is 18.5. The minimum Gasteiger partial charge on any atom is -0.356 e. The lowest BCUT2D eigenvalue weighted by molar-refractivity contribution is -0.110. The summed E-state index contributed by atoms with van der Waals surface area (Å²) in [5.41, 5.74) is 0. The first-order valence-corrected chi connectivity index (χ1v) is 9.87. The molecule has 3 amide bonds. The molecular weight excluding hydrogens is 352 g/mol. The van der Waals surface area contributed by atoms with Gasteiger partial charge in [-0.1, -0.05) is 13.8 Å². The predicted molar refractivity (Wildman–Crippen MR) is 93.0 cm³/mol. The second-order valence-corrected chi connectivity index (χ2v) is 6.13. The van der Waals surface area contributed by atoms with E-state index < -0.39 is 16.4 Å². The molecule has 0 saturated carbocycles. The van der Waals surface area contributed by atoms with E-state index in [2.05, 4.69) is 14.9 Å². The van der Waals surface area contributed by atoms with Crippen molar-refractivity contribution in [1.82, 2.24) is 20.6 Å². The molecule has 0 aromatic carbocycles. The Bertz CT molecular complexity index is 482. The smallest absolute Gasteiger partial charge is 0.356 e. The molecule has 0 aromatic heterocycles. The van der Waals surface area contributed by atoms with Crippen LogP contribution < -0.4 is 10.6 Å². The summed E-state index contributed by atoms with van der Waals surface area (Å²) in [6, 6.07) is -0.125. The van der Waals surface area contributed by atoms with Crippen LogP contribution in [0.25, 0.3) is 0 Å². The zero-order valence-electron chi connectivity index (χ0n) is 15.1. The van der Waals surface area contributed by atoms with Crippen LogP contribution in [0.2, 0.25) is 0 Å². The van der Waals surface area contributed by atoms with E-state index >= 15 is 0 Å². The van der Waals surface area contributed by atoms with Gasteiger partial charge < -0.3 is 15.5 Å². The average Bonchev–Trinajstić information content (AvgIpc) is 2.59. The number of hydrogen-bond acceptors (Lipinski definition) is 6. The Labute approximate surface area is 149 Å². The Morgan fingerprint density at radius 3 is 2.40 bits per heavy atom. The average molecular weight is 382 g/mol. The lowest BCUT2D eigenvalue weighted by atomic mass is 10.1. The molecule has 0 unspecified atom stereocenters. The maximum Gasteiger partial charge on any atom is 0.418 e. The van der Waals surface area contributed by atoms with Gasteiger partial charge in [0, 0.05) is 19.1 Å². The van der Waals surface area contributed by atoms with Gasteiger partial charge in [-0.05, 0) is 39.3 Å². The van der Waals surface area contributed by atoms with Crippen molar-refractivity contribution >= 4 is 22.8 Å². The molecule has 0 bridgehead atoms. The van der Waals surface area contributed by atoms with Gasteiger partial charge in [0.2, 0.25) is 6.41 Å². The van der Waals surface area contributed by atoms with E-state index in [-0.39, 0.29) is 6.54 Å². The van der Waals surface area contributed by atoms with Gasteiger partial charge in [-0.3, -0.25) is 9.35 Å². The topological polar surface area (TPSA) is 128 Å². The zero-order chi connectivity index (χ0) is 19.3. The van der Waals surface area contributed by atoms with Gasteiger partial charge in [0.25, 0.3) is 0 Å². The fourth-order valence-electron chi connectivity index (χ4n) is 2.32. The number of urea groups is 1. The van der Waals surface area contributed by atoms with Crippen molar-refractivity contribution in [3.8, 4) is 0 Å². The zero-order valence-corrected chi connectivity index (χ0v) is 15.9. The van der Waals surface area contributed by atoms with Crippen LogP contribution in [0.1, 0.15) is 40.0 Å². The van der Waals surface area contributed by atoms with Crippen LogP contribution in [-0.4, -0.2) is 74.1 Å². The number of piperidine rings is 1. The first-order valence-electron chi connectivity index (χ1n) is 8.51. The standard InChI is InChI=1S/C6H12N2O5S.C6H12N2O.C2H6/c1-2-7-4-3-5-8(6(7)9)13-14(10,11)12;9-5-8-6-1-3-7-4-2-6;1-2/h2-5H2,1H3,(H,10,11,12);5-7H,1-4H2,(H,8,9);1-2H3. The van der Waals surface area contributed by atoms with E-state index in [4.69, 9.17) is 4.55 Å². The third-order valence-corrected chi connectivity index (χ3v) is 3.85. The van der Waals surface area contributed by atoms with Gasteiger partial charge >= 0.3 is 16.4 Å². The van der Waals surface area contributed by atoms with Gasteiger partial charge in [0.15, 0.2) is 0 Å². The summed E-state index contributed by atoms with van der Waals surface area (Å²) in [5, 5.41) is 6.62. The van der Waals surface area contributed by atoms with Crippen molar-refractivity contribution in [1.29, 1.82) is 0 Å². The van der Waals surface area contributed by atoms with Crippen LogP contribution in [-0.2, 0) is 19.5 Å². The number of nitrogens with zero attached hydrogens (tertiary/aromatic N) is 2. The SMILES string of the molecule is CC.CCN1CCCN(OS(=O)(=O)O)C1=O.O=CNC1CCNCC1. The third-order valence-electron chi connectivity index (χ3n) is 3.48. The highest BCUT2D eigenvalue weighted by atomic mass is 32.3. The van der Waals surface area contributed by atoms with Crippen LogP contribution >= 0.6 is 0 Å². The second kappa shape index (κ2) is 12.9. The number of carbonyl (C=O) groups excluding carboxylic acids is 2. The minimum atomic E-state index is -4.61. The van der Waals surface area contributed by atoms with Crippen molar-refractivity contribution in [2.24, 2.45) is 0 Å². The van der Waals surface area contributed by atoms with Gasteiger partial charge in [-0.25, -0.2) is 4.79 Å². The largest absolute Gasteiger partial charge is 0.418 e. The first-order chi connectivity index (χ1) is 11.9. The van der Waals surface area contributed by atoms with Crippen molar-refractivity contribution < 1.29 is 26.8 Å². The Morgan fingerprint density at radius 1 is 1.32 bits per heavy atom. The van der Waals surface area contributed by atoms with Crippen LogP contribution in [0.5, 0.6) is 0 Å². The van der Waals surface area contributed by atoms with Crippen LogP contribution in [0, 0.1) is 0 Å². The van der Waals surface area contributed by atoms with Crippen molar-refractivity contribution in [2.45, 2.75) is 46.1 Å². The summed E-state index contributed by atoms with van der Waals surface area (Å²) in [6.45, 7) is 9.05. The lowest BCUT2D eigenvalue weighted by Gasteiger charge is -2.32. The maximum atomic E-state index is 11.4. The molecule has 3 N–H and O–H groups in total. The second-order valence-electron chi connectivity index (χ2n) is 5.13. The summed E-state index contributed by atoms with van der Waals surface area (Å²) < 4.78 is 33.2. The molecule has 0 aromatic rings. The molecule has 2 fully saturated rings. The minimum absolute atomic E-state index is 0.162. The van der Waals surface area contributed by atoms with Crippen LogP contribution in [0.15, 0.2) is 0 Å². The van der Waals surface area contributed by atoms with Gasteiger partial charge in [-0.15, -0.1) is 4.28 Å². The molecule has 25 heavy (non-hydrogen) atoms. The molecule has 2 heterocycles. The number of carbonyl (C=O) groups is 2. The lowest BCUT2D eigenvalue weighted by Crippen LogP contribution is -2.49. The summed E-state index contributed by atoms with van der Waals surface area (Å²) in [4.78, 5) is 22.8. The Balaban J connectivity index is 0.000000451. The van der Waals surface area contributed by atoms with Crippen molar-refractivity contribution in [3.05, 3.63) is 0 Å². The Morgan fingerprint density at radius 2 is 1.92 bits per heavy atom. The summed E-state index contributed by atoms with van der Waals surface area (Å²) in [6.07, 6.45) is 3.53. The molecule has 0 atom stereocenters. The quantitative estimate of drug-likeness (QED) is 0.463. The maximum absolute atomic E-state index is 11.4. The van der Waals surface area contributed by atoms with E-state index in [1.807, 2.05) is 13.8 Å². The highest BCUT2D eigenvalue weighted by molar-refractivity contribution is 7.80.